The van der Waals surface area contributed by atoms with Gasteiger partial charge in [-0.2, -0.15) is 8.42 Å². The molecule has 2 aliphatic heterocycles. The van der Waals surface area contributed by atoms with Crippen LogP contribution in [0.5, 0.6) is 0 Å². The maximum atomic E-state index is 13.0. The zero-order valence-corrected chi connectivity index (χ0v) is 20.3. The number of rotatable bonds is 4. The van der Waals surface area contributed by atoms with Gasteiger partial charge in [-0.15, -0.1) is 4.40 Å². The van der Waals surface area contributed by atoms with Gasteiger partial charge in [-0.05, 0) is 49.6 Å². The van der Waals surface area contributed by atoms with Crippen molar-refractivity contribution in [3.8, 4) is 0 Å². The third kappa shape index (κ3) is 4.40. The first-order chi connectivity index (χ1) is 15.5. The highest BCUT2D eigenvalue weighted by Gasteiger charge is 2.35. The molecule has 2 aliphatic rings. The van der Waals surface area contributed by atoms with Gasteiger partial charge < -0.3 is 10.2 Å². The lowest BCUT2D eigenvalue weighted by Gasteiger charge is -2.33. The van der Waals surface area contributed by atoms with Gasteiger partial charge in [-0.1, -0.05) is 18.2 Å². The zero-order chi connectivity index (χ0) is 24.0. The molecule has 9 nitrogen and oxygen atoms in total. The molecule has 0 spiro atoms. The van der Waals surface area contributed by atoms with E-state index in [1.54, 1.807) is 37.3 Å². The summed E-state index contributed by atoms with van der Waals surface area (Å²) in [5, 5.41) is 2.83. The van der Waals surface area contributed by atoms with E-state index < -0.39 is 26.0 Å². The summed E-state index contributed by atoms with van der Waals surface area (Å²) in [6.07, 6.45) is 1.34. The smallest absolute Gasteiger partial charge is 0.285 e. The van der Waals surface area contributed by atoms with Gasteiger partial charge in [0.05, 0.1) is 10.8 Å². The maximum Gasteiger partial charge on any atom is 0.285 e. The standard InChI is InChI=1S/C22H26N4O5S2/c1-15-10-11-17(13-20(15)33(30,31)25(2)3)23-22(27)16-7-6-12-26(14-16)21-18-8-4-5-9-19(18)32(28,29)24-21/h4-5,8-11,13,16H,6-7,12,14H2,1-3H3,(H,23,27). The first-order valence-electron chi connectivity index (χ1n) is 10.5. The van der Waals surface area contributed by atoms with E-state index in [9.17, 15) is 21.6 Å². The molecule has 1 unspecified atom stereocenters. The van der Waals surface area contributed by atoms with Crippen molar-refractivity contribution in [2.24, 2.45) is 10.3 Å². The molecule has 1 N–H and O–H groups in total. The van der Waals surface area contributed by atoms with Crippen LogP contribution in [0, 0.1) is 12.8 Å². The van der Waals surface area contributed by atoms with Crippen molar-refractivity contribution in [3.63, 3.8) is 0 Å². The fourth-order valence-corrected chi connectivity index (χ4v) is 6.47. The van der Waals surface area contributed by atoms with Crippen molar-refractivity contribution in [1.29, 1.82) is 0 Å². The molecule has 4 rings (SSSR count). The van der Waals surface area contributed by atoms with Crippen LogP contribution in [0.25, 0.3) is 0 Å². The third-order valence-corrected chi connectivity index (χ3v) is 9.20. The lowest BCUT2D eigenvalue weighted by Crippen LogP contribution is -2.43. The molecule has 2 aromatic carbocycles. The van der Waals surface area contributed by atoms with Crippen LogP contribution in [0.2, 0.25) is 0 Å². The monoisotopic (exact) mass is 490 g/mol. The predicted molar refractivity (Wildman–Crippen MR) is 125 cm³/mol. The Bertz CT molecular complexity index is 1350. The molecule has 0 bridgehead atoms. The topological polar surface area (TPSA) is 116 Å². The van der Waals surface area contributed by atoms with Gasteiger partial charge in [0, 0.05) is 38.4 Å². The number of amides is 1. The van der Waals surface area contributed by atoms with Gasteiger partial charge in [-0.25, -0.2) is 12.7 Å². The predicted octanol–water partition coefficient (Wildman–Crippen LogP) is 2.04. The number of benzene rings is 2. The lowest BCUT2D eigenvalue weighted by molar-refractivity contribution is -0.121. The van der Waals surface area contributed by atoms with Crippen molar-refractivity contribution in [2.45, 2.75) is 29.6 Å². The van der Waals surface area contributed by atoms with E-state index in [2.05, 4.69) is 9.71 Å². The lowest BCUT2D eigenvalue weighted by atomic mass is 9.96. The highest BCUT2D eigenvalue weighted by Crippen LogP contribution is 2.30. The van der Waals surface area contributed by atoms with Crippen LogP contribution in [0.3, 0.4) is 0 Å². The molecule has 176 valence electrons. The van der Waals surface area contributed by atoms with Crippen LogP contribution in [-0.2, 0) is 24.8 Å². The van der Waals surface area contributed by atoms with Crippen molar-refractivity contribution in [3.05, 3.63) is 53.6 Å². The van der Waals surface area contributed by atoms with Crippen LogP contribution in [0.4, 0.5) is 5.69 Å². The Morgan fingerprint density at radius 3 is 2.64 bits per heavy atom. The normalized spacial score (nSPS) is 19.8. The van der Waals surface area contributed by atoms with E-state index >= 15 is 0 Å². The van der Waals surface area contributed by atoms with Crippen molar-refractivity contribution in [1.82, 2.24) is 9.21 Å². The SMILES string of the molecule is Cc1ccc(NC(=O)C2CCCN(C3=NS(=O)(=O)c4ccccc43)C2)cc1S(=O)(=O)N(C)C. The minimum atomic E-state index is -3.74. The highest BCUT2D eigenvalue weighted by atomic mass is 32.2. The molecule has 1 saturated heterocycles. The average Bonchev–Trinajstić information content (AvgIpc) is 3.06. The van der Waals surface area contributed by atoms with Gasteiger partial charge in [0.15, 0.2) is 5.84 Å². The number of fused-ring (bicyclic) bond motifs is 1. The molecule has 1 fully saturated rings. The number of sulfonamides is 2. The largest absolute Gasteiger partial charge is 0.355 e. The molecular weight excluding hydrogens is 464 g/mol. The second kappa shape index (κ2) is 8.54. The van der Waals surface area contributed by atoms with Gasteiger partial charge in [0.2, 0.25) is 15.9 Å². The van der Waals surface area contributed by atoms with Crippen LogP contribution < -0.4 is 5.32 Å². The molecule has 0 aliphatic carbocycles. The van der Waals surface area contributed by atoms with Crippen molar-refractivity contribution in [2.75, 3.05) is 32.5 Å². The van der Waals surface area contributed by atoms with E-state index in [0.29, 0.717) is 48.6 Å². The Labute approximate surface area is 194 Å². The fraction of sp³-hybridized carbons (Fsp3) is 0.364. The Hall–Kier alpha value is -2.76. The molecule has 33 heavy (non-hydrogen) atoms. The molecule has 1 atom stereocenters. The Morgan fingerprint density at radius 2 is 1.91 bits per heavy atom. The van der Waals surface area contributed by atoms with Crippen LogP contribution >= 0.6 is 0 Å². The van der Waals surface area contributed by atoms with Gasteiger partial charge in [-0.3, -0.25) is 4.79 Å². The minimum Gasteiger partial charge on any atom is -0.355 e. The average molecular weight is 491 g/mol. The van der Waals surface area contributed by atoms with E-state index in [0.717, 1.165) is 4.31 Å². The summed E-state index contributed by atoms with van der Waals surface area (Å²) in [5.74, 6) is -0.267. The van der Waals surface area contributed by atoms with Gasteiger partial charge in [0.25, 0.3) is 10.0 Å². The molecule has 0 aromatic heterocycles. The van der Waals surface area contributed by atoms with E-state index in [1.165, 1.54) is 26.2 Å². The number of anilines is 1. The van der Waals surface area contributed by atoms with Crippen LogP contribution in [-0.4, -0.2) is 65.0 Å². The van der Waals surface area contributed by atoms with Crippen LogP contribution in [0.1, 0.15) is 24.0 Å². The maximum absolute atomic E-state index is 13.0. The summed E-state index contributed by atoms with van der Waals surface area (Å²) in [5.41, 5.74) is 1.54. The first kappa shape index (κ1) is 23.4. The van der Waals surface area contributed by atoms with Crippen molar-refractivity contribution < 1.29 is 21.6 Å². The molecule has 11 heteroatoms. The number of hydrogen-bond donors (Lipinski definition) is 1. The molecular formula is C22H26N4O5S2. The molecule has 0 radical (unpaired) electrons. The molecule has 1 amide bonds. The fourth-order valence-electron chi connectivity index (χ4n) is 4.10. The number of nitrogens with zero attached hydrogens (tertiary/aromatic N) is 3. The summed E-state index contributed by atoms with van der Waals surface area (Å²) in [4.78, 5) is 15.2. The second-order valence-electron chi connectivity index (χ2n) is 8.43. The number of carbonyl (C=O) groups is 1. The van der Waals surface area contributed by atoms with Crippen LogP contribution in [0.15, 0.2) is 56.7 Å². The number of piperidine rings is 1. The quantitative estimate of drug-likeness (QED) is 0.701. The van der Waals surface area contributed by atoms with E-state index in [4.69, 9.17) is 0 Å². The summed E-state index contributed by atoms with van der Waals surface area (Å²) in [6, 6.07) is 11.5. The number of aryl methyl sites for hydroxylation is 1. The Balaban J connectivity index is 1.53. The van der Waals surface area contributed by atoms with E-state index in [1.807, 2.05) is 4.90 Å². The Morgan fingerprint density at radius 1 is 1.18 bits per heavy atom. The number of nitrogens with one attached hydrogen (secondary N) is 1. The number of amidine groups is 1. The number of carbonyl (C=O) groups excluding carboxylic acids is 1. The molecule has 2 aromatic rings. The zero-order valence-electron chi connectivity index (χ0n) is 18.6. The number of likely N-dealkylation sites (tertiary alicyclic amines) is 1. The Kier molecular flexibility index (Phi) is 6.06. The molecule has 0 saturated carbocycles. The minimum absolute atomic E-state index is 0.137. The summed E-state index contributed by atoms with van der Waals surface area (Å²) in [6.45, 7) is 2.63. The summed E-state index contributed by atoms with van der Waals surface area (Å²) < 4.78 is 55.1. The summed E-state index contributed by atoms with van der Waals surface area (Å²) in [7, 11) is -4.47. The third-order valence-electron chi connectivity index (χ3n) is 5.92. The van der Waals surface area contributed by atoms with Gasteiger partial charge in [0.1, 0.15) is 4.90 Å². The summed E-state index contributed by atoms with van der Waals surface area (Å²) >= 11 is 0. The van der Waals surface area contributed by atoms with Gasteiger partial charge >= 0.3 is 0 Å². The van der Waals surface area contributed by atoms with Crippen molar-refractivity contribution >= 4 is 37.5 Å². The van der Waals surface area contributed by atoms with E-state index in [-0.39, 0.29) is 15.7 Å². The highest BCUT2D eigenvalue weighted by molar-refractivity contribution is 7.90. The molecule has 2 heterocycles. The number of hydrogen-bond acceptors (Lipinski definition) is 6. The first-order valence-corrected chi connectivity index (χ1v) is 13.4. The second-order valence-corrected chi connectivity index (χ2v) is 12.1.